The second kappa shape index (κ2) is 8.47. The zero-order valence-corrected chi connectivity index (χ0v) is 17.0. The lowest BCUT2D eigenvalue weighted by Gasteiger charge is -2.19. The highest BCUT2D eigenvalue weighted by atomic mass is 32.4. The van der Waals surface area contributed by atoms with E-state index in [1.165, 1.54) is 5.56 Å². The molecule has 28 heavy (non-hydrogen) atoms. The molecule has 0 radical (unpaired) electrons. The van der Waals surface area contributed by atoms with Crippen LogP contribution in [-0.4, -0.2) is 9.55 Å². The molecule has 3 nitrogen and oxygen atoms in total. The topological polar surface area (TPSA) is 30.2 Å². The van der Waals surface area contributed by atoms with Gasteiger partial charge in [-0.1, -0.05) is 103 Å². The Morgan fingerprint density at radius 3 is 1.86 bits per heavy atom. The first-order chi connectivity index (χ1) is 13.8. The second-order valence-electron chi connectivity index (χ2n) is 6.38. The summed E-state index contributed by atoms with van der Waals surface area (Å²) in [5, 5.41) is 2.13. The van der Waals surface area contributed by atoms with E-state index in [1.807, 2.05) is 66.9 Å². The van der Waals surface area contributed by atoms with Crippen molar-refractivity contribution in [1.82, 2.24) is 9.55 Å². The molecule has 0 N–H and O–H groups in total. The standard InChI is InChI=1S/C23H20N3PS/c28-27(21-13-6-2-7-14-21,22-15-8-3-9-16-22)25-23-24-17-10-18-26(23)19-20-11-4-1-5-12-20/h1-18H,19H2/b25-23+. The van der Waals surface area contributed by atoms with Gasteiger partial charge in [-0.25, -0.2) is 9.75 Å². The molecule has 0 aliphatic heterocycles. The van der Waals surface area contributed by atoms with Gasteiger partial charge >= 0.3 is 0 Å². The second-order valence-corrected chi connectivity index (χ2v) is 10.4. The molecular formula is C23H20N3PS. The lowest BCUT2D eigenvalue weighted by Crippen LogP contribution is -2.26. The Bertz CT molecular complexity index is 1110. The fourth-order valence-corrected chi connectivity index (χ4v) is 6.08. The van der Waals surface area contributed by atoms with Crippen LogP contribution in [0.25, 0.3) is 0 Å². The molecule has 0 aliphatic carbocycles. The molecule has 0 fully saturated rings. The summed E-state index contributed by atoms with van der Waals surface area (Å²) in [6.45, 7) is 0.701. The van der Waals surface area contributed by atoms with E-state index >= 15 is 0 Å². The van der Waals surface area contributed by atoms with Gasteiger partial charge in [-0.15, -0.1) is 0 Å². The van der Waals surface area contributed by atoms with Crippen molar-refractivity contribution >= 4 is 28.6 Å². The smallest absolute Gasteiger partial charge is 0.230 e. The van der Waals surface area contributed by atoms with E-state index in [4.69, 9.17) is 16.6 Å². The number of hydrogen-bond donors (Lipinski definition) is 0. The lowest BCUT2D eigenvalue weighted by atomic mass is 10.2. The minimum Gasteiger partial charge on any atom is -0.313 e. The van der Waals surface area contributed by atoms with Crippen LogP contribution >= 0.6 is 6.19 Å². The predicted molar refractivity (Wildman–Crippen MR) is 120 cm³/mol. The molecule has 1 heterocycles. The number of nitrogens with zero attached hydrogens (tertiary/aromatic N) is 3. The third-order valence-corrected chi connectivity index (χ3v) is 8.40. The van der Waals surface area contributed by atoms with Gasteiger partial charge in [0, 0.05) is 23.0 Å². The van der Waals surface area contributed by atoms with Gasteiger partial charge in [0.15, 0.2) is 0 Å². The van der Waals surface area contributed by atoms with Crippen molar-refractivity contribution < 1.29 is 0 Å². The van der Waals surface area contributed by atoms with E-state index in [1.54, 1.807) is 6.20 Å². The van der Waals surface area contributed by atoms with Gasteiger partial charge in [0.2, 0.25) is 5.62 Å². The molecule has 0 unspecified atom stereocenters. The van der Waals surface area contributed by atoms with Gasteiger partial charge in [0.1, 0.15) is 6.19 Å². The van der Waals surface area contributed by atoms with Crippen molar-refractivity contribution in [3.8, 4) is 0 Å². The largest absolute Gasteiger partial charge is 0.313 e. The minimum absolute atomic E-state index is 0.655. The summed E-state index contributed by atoms with van der Waals surface area (Å²) in [5.41, 5.74) is 1.85. The molecule has 3 aromatic carbocycles. The Labute approximate surface area is 170 Å². The Kier molecular flexibility index (Phi) is 5.61. The van der Waals surface area contributed by atoms with Crippen LogP contribution in [0.4, 0.5) is 0 Å². The van der Waals surface area contributed by atoms with Crippen molar-refractivity contribution in [1.29, 1.82) is 0 Å². The molecule has 0 saturated carbocycles. The zero-order chi connectivity index (χ0) is 19.2. The predicted octanol–water partition coefficient (Wildman–Crippen LogP) is 3.88. The molecule has 0 atom stereocenters. The monoisotopic (exact) mass is 401 g/mol. The SMILES string of the molecule is S=P(/N=c1\ncccn1Cc1ccccc1)(c1ccccc1)c1ccccc1. The number of hydrogen-bond acceptors (Lipinski definition) is 2. The number of benzene rings is 3. The molecule has 5 heteroatoms. The maximum absolute atomic E-state index is 6.23. The number of rotatable bonds is 5. The third kappa shape index (κ3) is 4.04. The first-order valence-corrected chi connectivity index (χ1v) is 11.8. The number of aromatic nitrogens is 2. The van der Waals surface area contributed by atoms with Gasteiger partial charge in [-0.2, -0.15) is 0 Å². The Morgan fingerprint density at radius 2 is 1.29 bits per heavy atom. The molecule has 4 rings (SSSR count). The van der Waals surface area contributed by atoms with Crippen LogP contribution < -0.4 is 16.2 Å². The van der Waals surface area contributed by atoms with E-state index in [2.05, 4.69) is 45.9 Å². The summed E-state index contributed by atoms with van der Waals surface area (Å²) in [6.07, 6.45) is 1.38. The zero-order valence-electron chi connectivity index (χ0n) is 15.3. The van der Waals surface area contributed by atoms with Crippen LogP contribution in [-0.2, 0) is 18.4 Å². The Morgan fingerprint density at radius 1 is 0.750 bits per heavy atom. The van der Waals surface area contributed by atoms with E-state index < -0.39 is 6.19 Å². The summed E-state index contributed by atoms with van der Waals surface area (Å²) in [4.78, 5) is 4.57. The summed E-state index contributed by atoms with van der Waals surface area (Å²) in [5.74, 6) is 0. The van der Waals surface area contributed by atoms with Crippen LogP contribution in [0.15, 0.2) is 114 Å². The molecular weight excluding hydrogens is 381 g/mol. The summed E-state index contributed by atoms with van der Waals surface area (Å²) >= 11 is 6.23. The third-order valence-electron chi connectivity index (χ3n) is 4.44. The minimum atomic E-state index is -2.40. The summed E-state index contributed by atoms with van der Waals surface area (Å²) in [7, 11) is 0. The van der Waals surface area contributed by atoms with E-state index in [9.17, 15) is 0 Å². The van der Waals surface area contributed by atoms with E-state index in [0.717, 1.165) is 10.6 Å². The van der Waals surface area contributed by atoms with Crippen molar-refractivity contribution in [2.45, 2.75) is 6.54 Å². The van der Waals surface area contributed by atoms with Crippen molar-refractivity contribution in [3.05, 3.63) is 121 Å². The lowest BCUT2D eigenvalue weighted by molar-refractivity contribution is 0.713. The normalized spacial score (nSPS) is 12.1. The highest BCUT2D eigenvalue weighted by molar-refractivity contribution is 8.21. The Hall–Kier alpha value is -2.81. The Balaban J connectivity index is 1.88. The molecule has 138 valence electrons. The summed E-state index contributed by atoms with van der Waals surface area (Å²) < 4.78 is 7.16. The van der Waals surface area contributed by atoms with Crippen LogP contribution in [0.2, 0.25) is 0 Å². The molecule has 4 aromatic rings. The molecule has 0 amide bonds. The van der Waals surface area contributed by atoms with Gasteiger partial charge in [0.25, 0.3) is 0 Å². The first-order valence-electron chi connectivity index (χ1n) is 9.09. The quantitative estimate of drug-likeness (QED) is 0.475. The maximum Gasteiger partial charge on any atom is 0.230 e. The highest BCUT2D eigenvalue weighted by Gasteiger charge is 2.21. The fourth-order valence-electron chi connectivity index (χ4n) is 3.03. The van der Waals surface area contributed by atoms with Gasteiger partial charge in [0.05, 0.1) is 6.54 Å². The molecule has 0 aliphatic rings. The highest BCUT2D eigenvalue weighted by Crippen LogP contribution is 2.44. The van der Waals surface area contributed by atoms with Gasteiger partial charge in [-0.3, -0.25) is 0 Å². The van der Waals surface area contributed by atoms with Crippen molar-refractivity contribution in [2.75, 3.05) is 0 Å². The van der Waals surface area contributed by atoms with E-state index in [0.29, 0.717) is 12.2 Å². The average molecular weight is 401 g/mol. The first kappa shape index (κ1) is 18.5. The van der Waals surface area contributed by atoms with E-state index in [-0.39, 0.29) is 0 Å². The molecule has 0 spiro atoms. The molecule has 0 saturated heterocycles. The van der Waals surface area contributed by atoms with Crippen LogP contribution in [0, 0.1) is 0 Å². The average Bonchev–Trinajstić information content (AvgIpc) is 2.77. The molecule has 1 aromatic heterocycles. The van der Waals surface area contributed by atoms with Gasteiger partial charge < -0.3 is 4.57 Å². The maximum atomic E-state index is 6.23. The van der Waals surface area contributed by atoms with Gasteiger partial charge in [-0.05, 0) is 11.6 Å². The van der Waals surface area contributed by atoms with Crippen molar-refractivity contribution in [3.63, 3.8) is 0 Å². The fraction of sp³-hybridized carbons (Fsp3) is 0.0435. The van der Waals surface area contributed by atoms with Crippen molar-refractivity contribution in [2.24, 2.45) is 4.76 Å². The van der Waals surface area contributed by atoms with Crippen LogP contribution in [0.1, 0.15) is 5.56 Å². The van der Waals surface area contributed by atoms with Crippen LogP contribution in [0.3, 0.4) is 0 Å². The summed E-state index contributed by atoms with van der Waals surface area (Å²) in [6, 6.07) is 32.6. The van der Waals surface area contributed by atoms with Crippen LogP contribution in [0.5, 0.6) is 0 Å². The molecule has 0 bridgehead atoms.